The quantitative estimate of drug-likeness (QED) is 0.637. The summed E-state index contributed by atoms with van der Waals surface area (Å²) in [7, 11) is 0. The number of nitrogens with one attached hydrogen (secondary N) is 1. The highest BCUT2D eigenvalue weighted by atomic mass is 35.5. The molecule has 0 aliphatic heterocycles. The second-order valence-corrected chi connectivity index (χ2v) is 7.56. The number of aromatic nitrogens is 4. The van der Waals surface area contributed by atoms with E-state index in [0.29, 0.717) is 17.4 Å². The lowest BCUT2D eigenvalue weighted by Crippen LogP contribution is -2.39. The molecule has 0 saturated carbocycles. The van der Waals surface area contributed by atoms with Crippen molar-refractivity contribution in [2.75, 3.05) is 0 Å². The van der Waals surface area contributed by atoms with Crippen LogP contribution in [0.4, 0.5) is 0 Å². The molecule has 0 fully saturated rings. The largest absolute Gasteiger partial charge is 0.392 e. The highest BCUT2D eigenvalue weighted by Gasteiger charge is 2.29. The van der Waals surface area contributed by atoms with Crippen LogP contribution in [0.1, 0.15) is 25.0 Å². The molecule has 0 aliphatic rings. The summed E-state index contributed by atoms with van der Waals surface area (Å²) in [6.45, 7) is 4.28. The van der Waals surface area contributed by atoms with Crippen LogP contribution in [-0.4, -0.2) is 31.2 Å². The molecule has 1 amide bonds. The summed E-state index contributed by atoms with van der Waals surface area (Å²) in [6, 6.07) is 14.7. The first-order valence-corrected chi connectivity index (χ1v) is 9.26. The highest BCUT2D eigenvalue weighted by Crippen LogP contribution is 2.20. The molecule has 2 N–H and O–H groups in total. The molecule has 2 aromatic carbocycles. The number of amides is 1. The number of carbonyl (C=O) groups excluding carboxylic acids is 1. The third kappa shape index (κ3) is 4.74. The van der Waals surface area contributed by atoms with E-state index in [0.717, 1.165) is 16.7 Å². The zero-order valence-corrected chi connectivity index (χ0v) is 16.5. The fourth-order valence-corrected chi connectivity index (χ4v) is 2.87. The molecule has 7 nitrogen and oxygen atoms in total. The van der Waals surface area contributed by atoms with E-state index in [4.69, 9.17) is 16.7 Å². The van der Waals surface area contributed by atoms with Crippen LogP contribution in [-0.2, 0) is 24.5 Å². The van der Waals surface area contributed by atoms with Crippen molar-refractivity contribution in [3.8, 4) is 11.4 Å². The summed E-state index contributed by atoms with van der Waals surface area (Å²) in [5.74, 6) is 0.343. The van der Waals surface area contributed by atoms with Gasteiger partial charge in [-0.2, -0.15) is 4.80 Å². The Morgan fingerprint density at radius 3 is 2.57 bits per heavy atom. The topological polar surface area (TPSA) is 92.9 Å². The lowest BCUT2D eigenvalue weighted by molar-refractivity contribution is -0.130. The van der Waals surface area contributed by atoms with E-state index in [2.05, 4.69) is 20.7 Å². The minimum atomic E-state index is -0.736. The van der Waals surface area contributed by atoms with E-state index in [-0.39, 0.29) is 19.1 Å². The molecule has 0 atom stereocenters. The third-order valence-electron chi connectivity index (χ3n) is 4.40. The molecule has 8 heteroatoms. The highest BCUT2D eigenvalue weighted by molar-refractivity contribution is 6.31. The van der Waals surface area contributed by atoms with Crippen LogP contribution in [0.2, 0.25) is 5.02 Å². The Kier molecular flexibility index (Phi) is 6.06. The minimum Gasteiger partial charge on any atom is -0.392 e. The molecular formula is C20H22ClN5O2. The van der Waals surface area contributed by atoms with Crippen molar-refractivity contribution in [3.63, 3.8) is 0 Å². The van der Waals surface area contributed by atoms with Gasteiger partial charge in [0.1, 0.15) is 0 Å². The van der Waals surface area contributed by atoms with Gasteiger partial charge in [0.15, 0.2) is 0 Å². The minimum absolute atomic E-state index is 0.0160. The van der Waals surface area contributed by atoms with E-state index in [9.17, 15) is 4.79 Å². The molecule has 0 spiro atoms. The van der Waals surface area contributed by atoms with E-state index in [1.165, 1.54) is 4.80 Å². The van der Waals surface area contributed by atoms with Gasteiger partial charge in [-0.25, -0.2) is 0 Å². The lowest BCUT2D eigenvalue weighted by Gasteiger charge is -2.22. The Morgan fingerprint density at radius 1 is 1.18 bits per heavy atom. The monoisotopic (exact) mass is 399 g/mol. The summed E-state index contributed by atoms with van der Waals surface area (Å²) in [5, 5.41) is 25.1. The van der Waals surface area contributed by atoms with Gasteiger partial charge in [-0.3, -0.25) is 4.79 Å². The molecule has 0 unspecified atom stereocenters. The van der Waals surface area contributed by atoms with Crippen LogP contribution in [0.3, 0.4) is 0 Å². The maximum atomic E-state index is 12.6. The number of tetrazole rings is 1. The number of aliphatic hydroxyl groups is 1. The predicted molar refractivity (Wildman–Crippen MR) is 106 cm³/mol. The number of hydrogen-bond acceptors (Lipinski definition) is 5. The summed E-state index contributed by atoms with van der Waals surface area (Å²) < 4.78 is 0. The number of benzene rings is 2. The van der Waals surface area contributed by atoms with Gasteiger partial charge in [0.2, 0.25) is 11.7 Å². The van der Waals surface area contributed by atoms with Gasteiger partial charge >= 0.3 is 0 Å². The Labute approximate surface area is 168 Å². The SMILES string of the molecule is CC(C)(Cn1nnc(-c2ccc(CO)cc2)n1)C(=O)NCc1ccccc1Cl. The fraction of sp³-hybridized carbons (Fsp3) is 0.300. The van der Waals surface area contributed by atoms with Crippen molar-refractivity contribution < 1.29 is 9.90 Å². The Bertz CT molecular complexity index is 953. The summed E-state index contributed by atoms with van der Waals surface area (Å²) in [4.78, 5) is 14.1. The summed E-state index contributed by atoms with van der Waals surface area (Å²) in [6.07, 6.45) is 0. The smallest absolute Gasteiger partial charge is 0.227 e. The molecule has 0 bridgehead atoms. The number of rotatable bonds is 7. The second-order valence-electron chi connectivity index (χ2n) is 7.16. The van der Waals surface area contributed by atoms with E-state index in [1.807, 2.05) is 56.3 Å². The van der Waals surface area contributed by atoms with E-state index < -0.39 is 5.41 Å². The van der Waals surface area contributed by atoms with Gasteiger partial charge in [0.25, 0.3) is 0 Å². The second kappa shape index (κ2) is 8.50. The number of nitrogens with zero attached hydrogens (tertiary/aromatic N) is 4. The number of halogens is 1. The maximum absolute atomic E-state index is 12.6. The van der Waals surface area contributed by atoms with Gasteiger partial charge in [0, 0.05) is 17.1 Å². The van der Waals surface area contributed by atoms with Crippen molar-refractivity contribution in [2.24, 2.45) is 5.41 Å². The molecular weight excluding hydrogens is 378 g/mol. The van der Waals surface area contributed by atoms with Crippen LogP contribution in [0.5, 0.6) is 0 Å². The number of hydrogen-bond donors (Lipinski definition) is 2. The number of aliphatic hydroxyl groups excluding tert-OH is 1. The molecule has 28 heavy (non-hydrogen) atoms. The molecule has 0 radical (unpaired) electrons. The van der Waals surface area contributed by atoms with Crippen LogP contribution in [0.25, 0.3) is 11.4 Å². The average molecular weight is 400 g/mol. The first kappa shape index (κ1) is 20.0. The summed E-state index contributed by atoms with van der Waals surface area (Å²) in [5.41, 5.74) is 1.73. The van der Waals surface area contributed by atoms with Crippen molar-refractivity contribution in [3.05, 3.63) is 64.7 Å². The van der Waals surface area contributed by atoms with Gasteiger partial charge in [-0.15, -0.1) is 10.2 Å². The predicted octanol–water partition coefficient (Wildman–Crippen LogP) is 2.83. The molecule has 1 aromatic heterocycles. The lowest BCUT2D eigenvalue weighted by atomic mass is 9.92. The number of carbonyl (C=O) groups is 1. The Balaban J connectivity index is 1.64. The molecule has 3 rings (SSSR count). The average Bonchev–Trinajstić information content (AvgIpc) is 3.15. The normalized spacial score (nSPS) is 11.4. The zero-order chi connectivity index (χ0) is 20.1. The molecule has 0 aliphatic carbocycles. The van der Waals surface area contributed by atoms with Crippen LogP contribution < -0.4 is 5.32 Å². The molecule has 146 valence electrons. The van der Waals surface area contributed by atoms with E-state index in [1.54, 1.807) is 6.07 Å². The van der Waals surface area contributed by atoms with Crippen molar-refractivity contribution in [1.29, 1.82) is 0 Å². The Morgan fingerprint density at radius 2 is 1.89 bits per heavy atom. The van der Waals surface area contributed by atoms with Crippen molar-refractivity contribution >= 4 is 17.5 Å². The molecule has 1 heterocycles. The van der Waals surface area contributed by atoms with Crippen LogP contribution in [0.15, 0.2) is 48.5 Å². The van der Waals surface area contributed by atoms with Gasteiger partial charge < -0.3 is 10.4 Å². The fourth-order valence-electron chi connectivity index (χ4n) is 2.67. The first-order chi connectivity index (χ1) is 13.4. The van der Waals surface area contributed by atoms with Gasteiger partial charge in [-0.05, 0) is 36.3 Å². The first-order valence-electron chi connectivity index (χ1n) is 8.89. The summed E-state index contributed by atoms with van der Waals surface area (Å²) >= 11 is 6.13. The Hall–Kier alpha value is -2.77. The van der Waals surface area contributed by atoms with Crippen molar-refractivity contribution in [1.82, 2.24) is 25.5 Å². The maximum Gasteiger partial charge on any atom is 0.227 e. The molecule has 3 aromatic rings. The zero-order valence-electron chi connectivity index (χ0n) is 15.8. The van der Waals surface area contributed by atoms with Crippen LogP contribution >= 0.6 is 11.6 Å². The van der Waals surface area contributed by atoms with Gasteiger partial charge in [0.05, 0.1) is 18.6 Å². The molecule has 0 saturated heterocycles. The van der Waals surface area contributed by atoms with Gasteiger partial charge in [-0.1, -0.05) is 54.1 Å². The third-order valence-corrected chi connectivity index (χ3v) is 4.76. The van der Waals surface area contributed by atoms with Crippen LogP contribution in [0, 0.1) is 5.41 Å². The van der Waals surface area contributed by atoms with Crippen molar-refractivity contribution in [2.45, 2.75) is 33.5 Å². The van der Waals surface area contributed by atoms with E-state index >= 15 is 0 Å². The standard InChI is InChI=1S/C20H22ClN5O2/c1-20(2,19(28)22-11-16-5-3-4-6-17(16)21)13-26-24-18(23-25-26)15-9-7-14(12-27)8-10-15/h3-10,27H,11-13H2,1-2H3,(H,22,28).